The molecule has 9 nitrogen and oxygen atoms in total. The molecule has 0 spiro atoms. The molecule has 2 aromatic carbocycles. The van der Waals surface area contributed by atoms with Gasteiger partial charge in [-0.05, 0) is 79.4 Å². The molecular formula is C36H53N3O6. The molecule has 2 rings (SSSR count). The third kappa shape index (κ3) is 11.9. The molecule has 4 atom stereocenters. The van der Waals surface area contributed by atoms with Crippen molar-refractivity contribution in [3.63, 3.8) is 0 Å². The Morgan fingerprint density at radius 2 is 1.36 bits per heavy atom. The first-order valence-corrected chi connectivity index (χ1v) is 15.8. The van der Waals surface area contributed by atoms with Crippen molar-refractivity contribution >= 4 is 23.9 Å². The van der Waals surface area contributed by atoms with Crippen molar-refractivity contribution in [2.24, 2.45) is 5.92 Å². The van der Waals surface area contributed by atoms with Gasteiger partial charge in [-0.1, -0.05) is 80.4 Å². The summed E-state index contributed by atoms with van der Waals surface area (Å²) in [5, 5.41) is 5.70. The molecule has 0 aliphatic carbocycles. The third-order valence-corrected chi connectivity index (χ3v) is 7.17. The first-order chi connectivity index (χ1) is 20.8. The molecular weight excluding hydrogens is 570 g/mol. The molecule has 0 radical (unpaired) electrons. The van der Waals surface area contributed by atoms with Crippen molar-refractivity contribution in [1.82, 2.24) is 15.5 Å². The largest absolute Gasteiger partial charge is 0.458 e. The number of nitrogens with one attached hydrogen (secondary N) is 2. The van der Waals surface area contributed by atoms with Gasteiger partial charge in [0.2, 0.25) is 11.8 Å². The van der Waals surface area contributed by atoms with Crippen LogP contribution in [0.15, 0.2) is 54.6 Å². The van der Waals surface area contributed by atoms with Crippen molar-refractivity contribution in [3.05, 3.63) is 71.3 Å². The standard InChI is InChI=1S/C36H53N3O6/c1-12-25(5)29(38-34(43)45-36(9,10)11)32(41)39(23(2)3)30(27-20-18-24(4)19-21-27)31(40)37-28(33(42)44-35(6,7)8)22-26-16-14-13-15-17-26/h13-21,23,25,28-30H,12,22H2,1-11H3,(H,37,40)(H,38,43). The zero-order valence-electron chi connectivity index (χ0n) is 28.9. The van der Waals surface area contributed by atoms with Gasteiger partial charge in [0.05, 0.1) is 0 Å². The van der Waals surface area contributed by atoms with Gasteiger partial charge in [0, 0.05) is 12.5 Å². The van der Waals surface area contributed by atoms with Crippen LogP contribution in [-0.2, 0) is 30.3 Å². The minimum Gasteiger partial charge on any atom is -0.458 e. The molecule has 0 aliphatic heterocycles. The van der Waals surface area contributed by atoms with Crippen LogP contribution in [0.25, 0.3) is 0 Å². The van der Waals surface area contributed by atoms with Crippen LogP contribution in [0, 0.1) is 12.8 Å². The van der Waals surface area contributed by atoms with Gasteiger partial charge in [0.15, 0.2) is 0 Å². The number of alkyl carbamates (subject to hydrolysis) is 1. The molecule has 0 aliphatic rings. The average Bonchev–Trinajstić information content (AvgIpc) is 2.92. The van der Waals surface area contributed by atoms with Crippen LogP contribution in [0.4, 0.5) is 4.79 Å². The van der Waals surface area contributed by atoms with Crippen molar-refractivity contribution in [1.29, 1.82) is 0 Å². The number of carbonyl (C=O) groups excluding carboxylic acids is 4. The van der Waals surface area contributed by atoms with Gasteiger partial charge in [-0.3, -0.25) is 9.59 Å². The number of hydrogen-bond donors (Lipinski definition) is 2. The third-order valence-electron chi connectivity index (χ3n) is 7.17. The Labute approximate surface area is 269 Å². The Balaban J connectivity index is 2.60. The van der Waals surface area contributed by atoms with E-state index in [9.17, 15) is 19.2 Å². The van der Waals surface area contributed by atoms with Gasteiger partial charge in [-0.15, -0.1) is 0 Å². The van der Waals surface area contributed by atoms with Crippen molar-refractivity contribution in [2.45, 2.75) is 124 Å². The van der Waals surface area contributed by atoms with E-state index in [-0.39, 0.29) is 12.3 Å². The fourth-order valence-corrected chi connectivity index (χ4v) is 4.81. The van der Waals surface area contributed by atoms with E-state index >= 15 is 0 Å². The van der Waals surface area contributed by atoms with Crippen LogP contribution in [-0.4, -0.2) is 58.1 Å². The zero-order valence-corrected chi connectivity index (χ0v) is 28.9. The molecule has 45 heavy (non-hydrogen) atoms. The number of rotatable bonds is 12. The molecule has 9 heteroatoms. The minimum absolute atomic E-state index is 0.202. The fourth-order valence-electron chi connectivity index (χ4n) is 4.81. The highest BCUT2D eigenvalue weighted by atomic mass is 16.6. The van der Waals surface area contributed by atoms with Crippen molar-refractivity contribution in [3.8, 4) is 0 Å². The summed E-state index contributed by atoms with van der Waals surface area (Å²) in [6, 6.07) is 13.2. The highest BCUT2D eigenvalue weighted by molar-refractivity contribution is 5.94. The lowest BCUT2D eigenvalue weighted by Crippen LogP contribution is -2.58. The number of benzene rings is 2. The van der Waals surface area contributed by atoms with E-state index in [0.717, 1.165) is 11.1 Å². The summed E-state index contributed by atoms with van der Waals surface area (Å²) >= 11 is 0. The number of hydrogen-bond acceptors (Lipinski definition) is 6. The van der Waals surface area contributed by atoms with Crippen LogP contribution < -0.4 is 10.6 Å². The molecule has 2 N–H and O–H groups in total. The van der Waals surface area contributed by atoms with E-state index < -0.39 is 59.2 Å². The predicted molar refractivity (Wildman–Crippen MR) is 176 cm³/mol. The fraction of sp³-hybridized carbons (Fsp3) is 0.556. The van der Waals surface area contributed by atoms with E-state index in [4.69, 9.17) is 9.47 Å². The highest BCUT2D eigenvalue weighted by Gasteiger charge is 2.40. The summed E-state index contributed by atoms with van der Waals surface area (Å²) < 4.78 is 11.2. The maximum absolute atomic E-state index is 14.5. The lowest BCUT2D eigenvalue weighted by molar-refractivity contribution is -0.159. The van der Waals surface area contributed by atoms with Crippen molar-refractivity contribution in [2.75, 3.05) is 0 Å². The lowest BCUT2D eigenvalue weighted by atomic mass is 9.94. The Morgan fingerprint density at radius 1 is 0.800 bits per heavy atom. The molecule has 0 bridgehead atoms. The number of carbonyl (C=O) groups is 4. The van der Waals surface area contributed by atoms with E-state index in [1.165, 1.54) is 4.90 Å². The Morgan fingerprint density at radius 3 is 1.84 bits per heavy atom. The first kappa shape index (κ1) is 37.3. The summed E-state index contributed by atoms with van der Waals surface area (Å²) in [5.74, 6) is -1.80. The van der Waals surface area contributed by atoms with Gasteiger partial charge >= 0.3 is 12.1 Å². The van der Waals surface area contributed by atoms with Crippen LogP contribution in [0.5, 0.6) is 0 Å². The Kier molecular flexibility index (Phi) is 13.2. The molecule has 0 saturated carbocycles. The van der Waals surface area contributed by atoms with Crippen molar-refractivity contribution < 1.29 is 28.7 Å². The van der Waals surface area contributed by atoms with Gasteiger partial charge in [0.1, 0.15) is 29.3 Å². The van der Waals surface area contributed by atoms with Crippen LogP contribution in [0.2, 0.25) is 0 Å². The molecule has 0 saturated heterocycles. The first-order valence-electron chi connectivity index (χ1n) is 15.8. The maximum Gasteiger partial charge on any atom is 0.408 e. The van der Waals surface area contributed by atoms with E-state index in [1.54, 1.807) is 41.5 Å². The Bertz CT molecular complexity index is 1280. The van der Waals surface area contributed by atoms with Crippen LogP contribution in [0.1, 0.15) is 98.4 Å². The number of amides is 3. The summed E-state index contributed by atoms with van der Waals surface area (Å²) in [4.78, 5) is 56.6. The summed E-state index contributed by atoms with van der Waals surface area (Å²) in [7, 11) is 0. The quantitative estimate of drug-likeness (QED) is 0.269. The van der Waals surface area contributed by atoms with E-state index in [1.807, 2.05) is 89.2 Å². The monoisotopic (exact) mass is 623 g/mol. The van der Waals surface area contributed by atoms with Gasteiger partial charge in [0.25, 0.3) is 0 Å². The molecule has 0 fully saturated rings. The smallest absolute Gasteiger partial charge is 0.408 e. The zero-order chi connectivity index (χ0) is 34.1. The number of esters is 1. The summed E-state index contributed by atoms with van der Waals surface area (Å²) in [6.45, 7) is 20.0. The minimum atomic E-state index is -1.11. The number of ether oxygens (including phenoxy) is 2. The topological polar surface area (TPSA) is 114 Å². The van der Waals surface area contributed by atoms with Crippen LogP contribution >= 0.6 is 0 Å². The second-order valence-electron chi connectivity index (χ2n) is 13.9. The van der Waals surface area contributed by atoms with Gasteiger partial charge in [-0.25, -0.2) is 9.59 Å². The maximum atomic E-state index is 14.5. The second-order valence-corrected chi connectivity index (χ2v) is 13.9. The predicted octanol–water partition coefficient (Wildman–Crippen LogP) is 6.28. The SMILES string of the molecule is CCC(C)C(NC(=O)OC(C)(C)C)C(=O)N(C(C)C)C(C(=O)NC(Cc1ccccc1)C(=O)OC(C)(C)C)c1ccc(C)cc1. The highest BCUT2D eigenvalue weighted by Crippen LogP contribution is 2.28. The lowest BCUT2D eigenvalue weighted by Gasteiger charge is -2.39. The molecule has 0 aromatic heterocycles. The molecule has 4 unspecified atom stereocenters. The summed E-state index contributed by atoms with van der Waals surface area (Å²) in [6.07, 6.45) is 0.0825. The molecule has 2 aromatic rings. The second kappa shape index (κ2) is 15.9. The van der Waals surface area contributed by atoms with Crippen LogP contribution in [0.3, 0.4) is 0 Å². The average molecular weight is 624 g/mol. The number of nitrogens with zero attached hydrogens (tertiary/aromatic N) is 1. The molecule has 248 valence electrons. The van der Waals surface area contributed by atoms with E-state index in [0.29, 0.717) is 12.0 Å². The number of aryl methyl sites for hydroxylation is 1. The van der Waals surface area contributed by atoms with Gasteiger partial charge in [-0.2, -0.15) is 0 Å². The summed E-state index contributed by atoms with van der Waals surface area (Å²) in [5.41, 5.74) is 0.868. The normalized spacial score (nSPS) is 14.5. The molecule has 0 heterocycles. The Hall–Kier alpha value is -3.88. The van der Waals surface area contributed by atoms with E-state index in [2.05, 4.69) is 10.6 Å². The molecule has 3 amide bonds. The van der Waals surface area contributed by atoms with Gasteiger partial charge < -0.3 is 25.0 Å².